The van der Waals surface area contributed by atoms with E-state index in [4.69, 9.17) is 4.74 Å². The molecule has 19 heavy (non-hydrogen) atoms. The smallest absolute Gasteiger partial charge is 0.0706 e. The maximum atomic E-state index is 5.75. The Kier molecular flexibility index (Phi) is 3.29. The first-order valence-electron chi connectivity index (χ1n) is 6.93. The van der Waals surface area contributed by atoms with Gasteiger partial charge in [-0.15, -0.1) is 0 Å². The predicted octanol–water partition coefficient (Wildman–Crippen LogP) is 2.38. The second kappa shape index (κ2) is 4.94. The van der Waals surface area contributed by atoms with E-state index in [0.717, 1.165) is 26.0 Å². The van der Waals surface area contributed by atoms with Crippen LogP contribution >= 0.6 is 0 Å². The Morgan fingerprint density at radius 3 is 3.21 bits per heavy atom. The lowest BCUT2D eigenvalue weighted by atomic mass is 9.94. The van der Waals surface area contributed by atoms with Crippen molar-refractivity contribution in [3.05, 3.63) is 36.2 Å². The number of hydrogen-bond donors (Lipinski definition) is 1. The van der Waals surface area contributed by atoms with Crippen molar-refractivity contribution < 1.29 is 4.74 Å². The molecule has 1 aliphatic rings. The third kappa shape index (κ3) is 2.80. The molecule has 0 radical (unpaired) electrons. The van der Waals surface area contributed by atoms with Gasteiger partial charge in [-0.2, -0.15) is 5.10 Å². The van der Waals surface area contributed by atoms with Gasteiger partial charge in [0.2, 0.25) is 0 Å². The van der Waals surface area contributed by atoms with Crippen molar-refractivity contribution in [1.82, 2.24) is 14.9 Å². The summed E-state index contributed by atoms with van der Waals surface area (Å²) >= 11 is 0. The second-order valence-corrected chi connectivity index (χ2v) is 5.88. The summed E-state index contributed by atoms with van der Waals surface area (Å²) in [4.78, 5) is 0. The Bertz CT molecular complexity index is 561. The lowest BCUT2D eigenvalue weighted by Gasteiger charge is -2.35. The van der Waals surface area contributed by atoms with Crippen LogP contribution in [0.15, 0.2) is 30.6 Å². The quantitative estimate of drug-likeness (QED) is 0.919. The summed E-state index contributed by atoms with van der Waals surface area (Å²) in [6.07, 6.45) is 6.08. The molecule has 0 saturated carbocycles. The fourth-order valence-corrected chi connectivity index (χ4v) is 2.78. The van der Waals surface area contributed by atoms with Crippen LogP contribution in [-0.2, 0) is 11.3 Å². The van der Waals surface area contributed by atoms with Crippen molar-refractivity contribution in [2.75, 3.05) is 6.61 Å². The number of nitrogens with zero attached hydrogens (tertiary/aromatic N) is 2. The van der Waals surface area contributed by atoms with E-state index < -0.39 is 0 Å². The van der Waals surface area contributed by atoms with Gasteiger partial charge in [0.1, 0.15) is 0 Å². The lowest BCUT2D eigenvalue weighted by Crippen LogP contribution is -2.43. The van der Waals surface area contributed by atoms with Crippen LogP contribution in [-0.4, -0.2) is 27.9 Å². The van der Waals surface area contributed by atoms with Crippen LogP contribution in [0.5, 0.6) is 0 Å². The number of ether oxygens (including phenoxy) is 1. The molecule has 1 atom stereocenters. The standard InChI is InChI=1S/C15H21N3O/c1-15(2)9-13(6-8-19-15)16-10-12-11-17-18-7-4-3-5-14(12)18/h3-5,7,11,13,16H,6,8-10H2,1-2H3. The topological polar surface area (TPSA) is 38.6 Å². The number of hydrogen-bond acceptors (Lipinski definition) is 3. The summed E-state index contributed by atoms with van der Waals surface area (Å²) < 4.78 is 7.67. The summed E-state index contributed by atoms with van der Waals surface area (Å²) in [5.41, 5.74) is 2.43. The third-order valence-electron chi connectivity index (χ3n) is 3.78. The molecular weight excluding hydrogens is 238 g/mol. The summed E-state index contributed by atoms with van der Waals surface area (Å²) in [6.45, 7) is 6.04. The molecule has 1 saturated heterocycles. The first kappa shape index (κ1) is 12.6. The molecule has 3 rings (SSSR count). The van der Waals surface area contributed by atoms with Gasteiger partial charge in [-0.1, -0.05) is 6.07 Å². The summed E-state index contributed by atoms with van der Waals surface area (Å²) in [5.74, 6) is 0. The van der Waals surface area contributed by atoms with Crippen LogP contribution in [0.3, 0.4) is 0 Å². The Labute approximate surface area is 113 Å². The largest absolute Gasteiger partial charge is 0.375 e. The molecule has 1 N–H and O–H groups in total. The maximum Gasteiger partial charge on any atom is 0.0706 e. The molecule has 1 fully saturated rings. The molecule has 3 heterocycles. The highest BCUT2D eigenvalue weighted by Crippen LogP contribution is 2.24. The summed E-state index contributed by atoms with van der Waals surface area (Å²) in [5, 5.41) is 8.00. The summed E-state index contributed by atoms with van der Waals surface area (Å²) in [7, 11) is 0. The van der Waals surface area contributed by atoms with E-state index in [-0.39, 0.29) is 5.60 Å². The zero-order valence-corrected chi connectivity index (χ0v) is 11.6. The second-order valence-electron chi connectivity index (χ2n) is 5.88. The number of pyridine rings is 1. The average molecular weight is 259 g/mol. The van der Waals surface area contributed by atoms with E-state index in [9.17, 15) is 0 Å². The van der Waals surface area contributed by atoms with Crippen molar-refractivity contribution in [2.24, 2.45) is 0 Å². The van der Waals surface area contributed by atoms with Gasteiger partial charge in [0, 0.05) is 31.0 Å². The molecule has 2 aromatic heterocycles. The Hall–Kier alpha value is -1.39. The molecule has 1 unspecified atom stereocenters. The van der Waals surface area contributed by atoms with Gasteiger partial charge >= 0.3 is 0 Å². The fourth-order valence-electron chi connectivity index (χ4n) is 2.78. The normalized spacial score (nSPS) is 22.7. The Morgan fingerprint density at radius 2 is 2.37 bits per heavy atom. The first-order chi connectivity index (χ1) is 9.14. The van der Waals surface area contributed by atoms with Gasteiger partial charge in [0.25, 0.3) is 0 Å². The molecule has 0 bridgehead atoms. The Morgan fingerprint density at radius 1 is 1.47 bits per heavy atom. The van der Waals surface area contributed by atoms with Gasteiger partial charge in [-0.3, -0.25) is 0 Å². The van der Waals surface area contributed by atoms with Crippen LogP contribution in [0.4, 0.5) is 0 Å². The van der Waals surface area contributed by atoms with Gasteiger partial charge in [-0.25, -0.2) is 4.52 Å². The van der Waals surface area contributed by atoms with E-state index in [1.165, 1.54) is 11.1 Å². The number of fused-ring (bicyclic) bond motifs is 1. The highest BCUT2D eigenvalue weighted by Gasteiger charge is 2.28. The minimum Gasteiger partial charge on any atom is -0.375 e. The summed E-state index contributed by atoms with van der Waals surface area (Å²) in [6, 6.07) is 6.69. The molecule has 0 aromatic carbocycles. The maximum absolute atomic E-state index is 5.75. The Balaban J connectivity index is 1.66. The first-order valence-corrected chi connectivity index (χ1v) is 6.93. The van der Waals surface area contributed by atoms with Crippen LogP contribution in [0.2, 0.25) is 0 Å². The molecule has 2 aromatic rings. The molecule has 4 nitrogen and oxygen atoms in total. The third-order valence-corrected chi connectivity index (χ3v) is 3.78. The van der Waals surface area contributed by atoms with Crippen molar-refractivity contribution in [3.63, 3.8) is 0 Å². The van der Waals surface area contributed by atoms with Gasteiger partial charge < -0.3 is 10.1 Å². The van der Waals surface area contributed by atoms with Gasteiger partial charge in [-0.05, 0) is 38.8 Å². The molecule has 0 aliphatic carbocycles. The van der Waals surface area contributed by atoms with Gasteiger partial charge in [0.05, 0.1) is 17.3 Å². The van der Waals surface area contributed by atoms with E-state index in [1.807, 2.05) is 23.0 Å². The van der Waals surface area contributed by atoms with Crippen molar-refractivity contribution >= 4 is 5.52 Å². The molecule has 0 amide bonds. The minimum atomic E-state index is -0.00297. The average Bonchev–Trinajstić information content (AvgIpc) is 2.78. The van der Waals surface area contributed by atoms with E-state index >= 15 is 0 Å². The molecule has 4 heteroatoms. The zero-order chi connectivity index (χ0) is 13.3. The number of aromatic nitrogens is 2. The van der Waals surface area contributed by atoms with E-state index in [1.54, 1.807) is 0 Å². The molecular formula is C15H21N3O. The van der Waals surface area contributed by atoms with E-state index in [2.05, 4.69) is 36.4 Å². The van der Waals surface area contributed by atoms with Crippen LogP contribution in [0.25, 0.3) is 5.52 Å². The zero-order valence-electron chi connectivity index (χ0n) is 11.6. The minimum absolute atomic E-state index is 0.00297. The van der Waals surface area contributed by atoms with Crippen molar-refractivity contribution in [1.29, 1.82) is 0 Å². The molecule has 1 aliphatic heterocycles. The van der Waals surface area contributed by atoms with Gasteiger partial charge in [0.15, 0.2) is 0 Å². The highest BCUT2D eigenvalue weighted by atomic mass is 16.5. The fraction of sp³-hybridized carbons (Fsp3) is 0.533. The van der Waals surface area contributed by atoms with Crippen LogP contribution in [0.1, 0.15) is 32.3 Å². The van der Waals surface area contributed by atoms with Crippen LogP contribution in [0, 0.1) is 0 Å². The van der Waals surface area contributed by atoms with Crippen molar-refractivity contribution in [3.8, 4) is 0 Å². The molecule has 0 spiro atoms. The number of nitrogens with one attached hydrogen (secondary N) is 1. The lowest BCUT2D eigenvalue weighted by molar-refractivity contribution is -0.0630. The predicted molar refractivity (Wildman–Crippen MR) is 75.1 cm³/mol. The highest BCUT2D eigenvalue weighted by molar-refractivity contribution is 5.53. The monoisotopic (exact) mass is 259 g/mol. The number of rotatable bonds is 3. The van der Waals surface area contributed by atoms with Crippen LogP contribution < -0.4 is 5.32 Å². The van der Waals surface area contributed by atoms with Crippen molar-refractivity contribution in [2.45, 2.75) is 44.9 Å². The SMILES string of the molecule is CC1(C)CC(NCc2cnn3ccccc23)CCO1. The van der Waals surface area contributed by atoms with E-state index in [0.29, 0.717) is 6.04 Å². The molecule has 102 valence electrons.